The number of hydrogen-bond donors (Lipinski definition) is 1. The summed E-state index contributed by atoms with van der Waals surface area (Å²) in [5.41, 5.74) is 0.667. The topological polar surface area (TPSA) is 89.3 Å². The zero-order valence-electron chi connectivity index (χ0n) is 11.2. The summed E-state index contributed by atoms with van der Waals surface area (Å²) in [7, 11) is -4.30. The largest absolute Gasteiger partial charge is 0.302 e. The summed E-state index contributed by atoms with van der Waals surface area (Å²) in [6.07, 6.45) is 1.64. The molecule has 2 aromatic rings. The summed E-state index contributed by atoms with van der Waals surface area (Å²) in [6, 6.07) is 2.01. The molecule has 3 rings (SSSR count). The molecule has 2 atom stereocenters. The van der Waals surface area contributed by atoms with Crippen molar-refractivity contribution in [3.8, 4) is 0 Å². The summed E-state index contributed by atoms with van der Waals surface area (Å²) >= 11 is 0. The molecule has 2 aromatic heterocycles. The Morgan fingerprint density at radius 3 is 2.86 bits per heavy atom. The van der Waals surface area contributed by atoms with Gasteiger partial charge in [-0.15, -0.1) is 0 Å². The SMILES string of the molecule is CC(C1CCc2c(F)cnc3ccc(=O)n1c23)S(=O)(=O)O. The van der Waals surface area contributed by atoms with Gasteiger partial charge >= 0.3 is 0 Å². The van der Waals surface area contributed by atoms with E-state index in [1.165, 1.54) is 23.6 Å². The molecule has 0 saturated heterocycles. The third kappa shape index (κ3) is 2.14. The van der Waals surface area contributed by atoms with Gasteiger partial charge in [0.15, 0.2) is 0 Å². The fraction of sp³-hybridized carbons (Fsp3) is 0.385. The van der Waals surface area contributed by atoms with E-state index in [2.05, 4.69) is 4.98 Å². The summed E-state index contributed by atoms with van der Waals surface area (Å²) < 4.78 is 47.2. The van der Waals surface area contributed by atoms with Gasteiger partial charge in [-0.3, -0.25) is 14.3 Å². The van der Waals surface area contributed by atoms with E-state index in [9.17, 15) is 22.2 Å². The van der Waals surface area contributed by atoms with Crippen LogP contribution in [-0.2, 0) is 16.5 Å². The highest BCUT2D eigenvalue weighted by Gasteiger charge is 2.34. The van der Waals surface area contributed by atoms with Crippen LogP contribution in [0.4, 0.5) is 4.39 Å². The number of pyridine rings is 2. The Hall–Kier alpha value is -1.80. The molecule has 1 aliphatic heterocycles. The Kier molecular flexibility index (Phi) is 3.10. The zero-order valence-corrected chi connectivity index (χ0v) is 12.0. The normalized spacial score (nSPS) is 19.7. The molecule has 2 unspecified atom stereocenters. The van der Waals surface area contributed by atoms with Gasteiger partial charge < -0.3 is 4.57 Å². The first-order chi connectivity index (χ1) is 9.80. The number of hydrogen-bond acceptors (Lipinski definition) is 4. The molecule has 1 aliphatic rings. The van der Waals surface area contributed by atoms with E-state index in [-0.39, 0.29) is 6.42 Å². The summed E-state index contributed by atoms with van der Waals surface area (Å²) in [5.74, 6) is -0.514. The number of nitrogens with zero attached hydrogens (tertiary/aromatic N) is 2. The van der Waals surface area contributed by atoms with Crippen molar-refractivity contribution in [2.45, 2.75) is 31.1 Å². The highest BCUT2D eigenvalue weighted by molar-refractivity contribution is 7.86. The Balaban J connectivity index is 2.36. The smallest absolute Gasteiger partial charge is 0.269 e. The highest BCUT2D eigenvalue weighted by Crippen LogP contribution is 2.33. The van der Waals surface area contributed by atoms with Crippen molar-refractivity contribution in [1.82, 2.24) is 9.55 Å². The van der Waals surface area contributed by atoms with Crippen molar-refractivity contribution in [3.63, 3.8) is 0 Å². The number of halogens is 1. The van der Waals surface area contributed by atoms with E-state index in [1.807, 2.05) is 0 Å². The van der Waals surface area contributed by atoms with Crippen LogP contribution >= 0.6 is 0 Å². The second-order valence-electron chi connectivity index (χ2n) is 5.19. The third-order valence-corrected chi connectivity index (χ3v) is 5.28. The molecule has 6 nitrogen and oxygen atoms in total. The molecule has 3 heterocycles. The summed E-state index contributed by atoms with van der Waals surface area (Å²) in [6.45, 7) is 1.34. The Bertz CT molecular complexity index is 891. The maximum Gasteiger partial charge on any atom is 0.269 e. The molecule has 0 amide bonds. The molecule has 0 fully saturated rings. The molecule has 0 saturated carbocycles. The number of aromatic nitrogens is 2. The van der Waals surface area contributed by atoms with Crippen LogP contribution in [0.5, 0.6) is 0 Å². The van der Waals surface area contributed by atoms with Gasteiger partial charge in [0.25, 0.3) is 15.7 Å². The van der Waals surface area contributed by atoms with Crippen molar-refractivity contribution < 1.29 is 17.4 Å². The highest BCUT2D eigenvalue weighted by atomic mass is 32.2. The van der Waals surface area contributed by atoms with Gasteiger partial charge in [-0.05, 0) is 25.8 Å². The quantitative estimate of drug-likeness (QED) is 0.844. The van der Waals surface area contributed by atoms with E-state index < -0.39 is 32.8 Å². The average molecular weight is 312 g/mol. The van der Waals surface area contributed by atoms with E-state index in [1.54, 1.807) is 0 Å². The molecule has 0 aliphatic carbocycles. The first kappa shape index (κ1) is 14.2. The molecular formula is C13H13FN2O4S. The predicted octanol–water partition coefficient (Wildman–Crippen LogP) is 1.30. The first-order valence-corrected chi connectivity index (χ1v) is 7.96. The van der Waals surface area contributed by atoms with Crippen LogP contribution in [0.3, 0.4) is 0 Å². The van der Waals surface area contributed by atoms with Crippen LogP contribution < -0.4 is 5.56 Å². The molecule has 0 bridgehead atoms. The minimum atomic E-state index is -4.30. The lowest BCUT2D eigenvalue weighted by molar-refractivity contribution is 0.394. The lowest BCUT2D eigenvalue weighted by atomic mass is 9.96. The maximum absolute atomic E-state index is 13.9. The second kappa shape index (κ2) is 4.60. The molecule has 0 radical (unpaired) electrons. The van der Waals surface area contributed by atoms with Crippen LogP contribution in [-0.4, -0.2) is 27.8 Å². The Labute approximate surface area is 120 Å². The monoisotopic (exact) mass is 312 g/mol. The lowest BCUT2D eigenvalue weighted by Gasteiger charge is -2.30. The van der Waals surface area contributed by atoms with Crippen LogP contribution in [0.15, 0.2) is 23.1 Å². The molecule has 0 aromatic carbocycles. The van der Waals surface area contributed by atoms with Crippen LogP contribution in [0.1, 0.15) is 24.9 Å². The molecular weight excluding hydrogens is 299 g/mol. The van der Waals surface area contributed by atoms with Crippen molar-refractivity contribution in [3.05, 3.63) is 40.1 Å². The Morgan fingerprint density at radius 1 is 1.48 bits per heavy atom. The number of aryl methyl sites for hydroxylation is 1. The van der Waals surface area contributed by atoms with Gasteiger partial charge in [0, 0.05) is 11.6 Å². The molecule has 112 valence electrons. The van der Waals surface area contributed by atoms with Gasteiger partial charge in [0.2, 0.25) is 0 Å². The summed E-state index contributed by atoms with van der Waals surface area (Å²) in [4.78, 5) is 16.1. The zero-order chi connectivity index (χ0) is 15.4. The molecule has 8 heteroatoms. The van der Waals surface area contributed by atoms with Gasteiger partial charge in [-0.2, -0.15) is 8.42 Å². The van der Waals surface area contributed by atoms with Gasteiger partial charge in [-0.1, -0.05) is 0 Å². The first-order valence-electron chi connectivity index (χ1n) is 6.45. The fourth-order valence-corrected chi connectivity index (χ4v) is 3.55. The van der Waals surface area contributed by atoms with E-state index >= 15 is 0 Å². The minimum absolute atomic E-state index is 0.258. The maximum atomic E-state index is 13.9. The van der Waals surface area contributed by atoms with Crippen molar-refractivity contribution in [2.24, 2.45) is 0 Å². The van der Waals surface area contributed by atoms with Crippen molar-refractivity contribution >= 4 is 21.2 Å². The molecule has 1 N–H and O–H groups in total. The van der Waals surface area contributed by atoms with Gasteiger partial charge in [0.05, 0.1) is 23.3 Å². The average Bonchev–Trinajstić information content (AvgIpc) is 2.43. The van der Waals surface area contributed by atoms with E-state index in [4.69, 9.17) is 0 Å². The third-order valence-electron chi connectivity index (χ3n) is 4.03. The van der Waals surface area contributed by atoms with Crippen molar-refractivity contribution in [1.29, 1.82) is 0 Å². The lowest BCUT2D eigenvalue weighted by Crippen LogP contribution is -2.38. The predicted molar refractivity (Wildman–Crippen MR) is 74.3 cm³/mol. The number of rotatable bonds is 2. The van der Waals surface area contributed by atoms with Crippen molar-refractivity contribution in [2.75, 3.05) is 0 Å². The molecule has 0 spiro atoms. The Morgan fingerprint density at radius 2 is 2.19 bits per heavy atom. The van der Waals surface area contributed by atoms with Gasteiger partial charge in [-0.25, -0.2) is 4.39 Å². The minimum Gasteiger partial charge on any atom is -0.302 e. The van der Waals surface area contributed by atoms with Gasteiger partial charge in [0.1, 0.15) is 11.1 Å². The van der Waals surface area contributed by atoms with E-state index in [0.29, 0.717) is 23.0 Å². The molecule has 21 heavy (non-hydrogen) atoms. The van der Waals surface area contributed by atoms with Crippen LogP contribution in [0.25, 0.3) is 11.0 Å². The second-order valence-corrected chi connectivity index (χ2v) is 6.96. The van der Waals surface area contributed by atoms with Crippen LogP contribution in [0.2, 0.25) is 0 Å². The van der Waals surface area contributed by atoms with E-state index in [0.717, 1.165) is 6.20 Å². The van der Waals surface area contributed by atoms with Crippen LogP contribution in [0, 0.1) is 5.82 Å². The fourth-order valence-electron chi connectivity index (χ4n) is 2.90. The summed E-state index contributed by atoms with van der Waals surface area (Å²) in [5, 5.41) is -1.16. The standard InChI is InChI=1S/C13H13FN2O4S/c1-7(21(18,19)20)11-4-2-8-9(14)6-15-10-3-5-12(17)16(11)13(8)10/h3,5-7,11H,2,4H2,1H3,(H,18,19,20).